The number of anilines is 1. The Morgan fingerprint density at radius 2 is 1.76 bits per heavy atom. The molecule has 150 valence electrons. The first-order valence-electron chi connectivity index (χ1n) is 9.48. The Balaban J connectivity index is 1.58. The Morgan fingerprint density at radius 3 is 2.45 bits per heavy atom. The van der Waals surface area contributed by atoms with Crippen molar-refractivity contribution in [1.29, 1.82) is 0 Å². The molecule has 0 radical (unpaired) electrons. The summed E-state index contributed by atoms with van der Waals surface area (Å²) in [5.41, 5.74) is 2.50. The number of hydrogen-bond donors (Lipinski definition) is 0. The number of aromatic nitrogens is 3. The minimum absolute atomic E-state index is 0.0518. The Morgan fingerprint density at radius 1 is 1.03 bits per heavy atom. The van der Waals surface area contributed by atoms with Gasteiger partial charge in [0, 0.05) is 49.9 Å². The smallest absolute Gasteiger partial charge is 0.255 e. The average molecular weight is 410 g/mol. The van der Waals surface area contributed by atoms with E-state index in [1.807, 2.05) is 24.3 Å². The fraction of sp³-hybridized carbons (Fsp3) is 0.286. The molecule has 0 N–H and O–H groups in total. The Hall–Kier alpha value is -3.00. The topological polar surface area (TPSA) is 85.2 Å². The number of pyridine rings is 1. The molecule has 29 heavy (non-hydrogen) atoms. The first kappa shape index (κ1) is 19.3. The van der Waals surface area contributed by atoms with Crippen LogP contribution >= 0.6 is 0 Å². The van der Waals surface area contributed by atoms with E-state index < -0.39 is 9.84 Å². The molecule has 1 aliphatic heterocycles. The highest BCUT2D eigenvalue weighted by Gasteiger charge is 2.20. The lowest BCUT2D eigenvalue weighted by atomic mass is 10.1. The van der Waals surface area contributed by atoms with Crippen LogP contribution in [0.1, 0.15) is 12.0 Å². The fourth-order valence-corrected chi connectivity index (χ4v) is 4.15. The summed E-state index contributed by atoms with van der Waals surface area (Å²) in [5.74, 6) is 0.684. The van der Waals surface area contributed by atoms with Gasteiger partial charge in [-0.2, -0.15) is 0 Å². The van der Waals surface area contributed by atoms with Crippen LogP contribution in [0, 0.1) is 0 Å². The number of rotatable bonds is 5. The van der Waals surface area contributed by atoms with Crippen molar-refractivity contribution in [2.24, 2.45) is 0 Å². The summed E-state index contributed by atoms with van der Waals surface area (Å²) in [4.78, 5) is 23.9. The summed E-state index contributed by atoms with van der Waals surface area (Å²) in [6.07, 6.45) is 6.20. The van der Waals surface area contributed by atoms with Gasteiger partial charge >= 0.3 is 0 Å². The molecule has 0 bridgehead atoms. The molecule has 2 aromatic heterocycles. The molecule has 7 nitrogen and oxygen atoms in total. The predicted molar refractivity (Wildman–Crippen MR) is 112 cm³/mol. The zero-order valence-corrected chi connectivity index (χ0v) is 17.0. The number of sulfone groups is 1. The second-order valence-corrected chi connectivity index (χ2v) is 9.19. The van der Waals surface area contributed by atoms with Crippen LogP contribution in [-0.4, -0.2) is 42.3 Å². The third-order valence-corrected chi connectivity index (χ3v) is 6.21. The van der Waals surface area contributed by atoms with Crippen molar-refractivity contribution < 1.29 is 8.42 Å². The summed E-state index contributed by atoms with van der Waals surface area (Å²) in [6, 6.07) is 12.2. The molecule has 0 spiro atoms. The molecule has 0 saturated heterocycles. The largest absolute Gasteiger partial charge is 0.342 e. The van der Waals surface area contributed by atoms with Crippen molar-refractivity contribution in [3.8, 4) is 11.3 Å². The van der Waals surface area contributed by atoms with Crippen molar-refractivity contribution in [2.45, 2.75) is 24.3 Å². The van der Waals surface area contributed by atoms with Crippen molar-refractivity contribution in [3.63, 3.8) is 0 Å². The van der Waals surface area contributed by atoms with Gasteiger partial charge in [-0.15, -0.1) is 0 Å². The zero-order valence-electron chi connectivity index (χ0n) is 16.2. The molecule has 0 atom stereocenters. The molecule has 0 aliphatic carbocycles. The van der Waals surface area contributed by atoms with Crippen LogP contribution in [-0.2, 0) is 22.8 Å². The van der Waals surface area contributed by atoms with Crippen LogP contribution in [0.5, 0.6) is 0 Å². The summed E-state index contributed by atoms with van der Waals surface area (Å²) >= 11 is 0. The van der Waals surface area contributed by atoms with E-state index in [9.17, 15) is 13.2 Å². The lowest BCUT2D eigenvalue weighted by molar-refractivity contribution is 0.532. The van der Waals surface area contributed by atoms with Gasteiger partial charge in [-0.05, 0) is 42.7 Å². The van der Waals surface area contributed by atoms with E-state index in [1.165, 1.54) is 6.26 Å². The quantitative estimate of drug-likeness (QED) is 0.641. The first-order valence-corrected chi connectivity index (χ1v) is 11.4. The van der Waals surface area contributed by atoms with Gasteiger partial charge in [0.15, 0.2) is 9.84 Å². The molecule has 3 aromatic rings. The highest BCUT2D eigenvalue weighted by molar-refractivity contribution is 7.90. The monoisotopic (exact) mass is 410 g/mol. The van der Waals surface area contributed by atoms with E-state index in [-0.39, 0.29) is 5.56 Å². The SMILES string of the molecule is CS(=O)(=O)c1ccc(CCN2CCCn3c2nc(-c2ccncc2)cc3=O)cc1. The van der Waals surface area contributed by atoms with Gasteiger partial charge in [-0.25, -0.2) is 13.4 Å². The molecule has 0 fully saturated rings. The van der Waals surface area contributed by atoms with Gasteiger partial charge in [0.1, 0.15) is 0 Å². The number of nitrogens with zero attached hydrogens (tertiary/aromatic N) is 4. The third kappa shape index (κ3) is 4.22. The van der Waals surface area contributed by atoms with E-state index >= 15 is 0 Å². The molecule has 8 heteroatoms. The van der Waals surface area contributed by atoms with Gasteiger partial charge in [0.05, 0.1) is 10.6 Å². The van der Waals surface area contributed by atoms with Gasteiger partial charge in [0.25, 0.3) is 5.56 Å². The van der Waals surface area contributed by atoms with Gasteiger partial charge in [-0.3, -0.25) is 14.3 Å². The number of fused-ring (bicyclic) bond motifs is 1. The average Bonchev–Trinajstić information content (AvgIpc) is 2.72. The van der Waals surface area contributed by atoms with Crippen LogP contribution in [0.3, 0.4) is 0 Å². The highest BCUT2D eigenvalue weighted by Crippen LogP contribution is 2.22. The molecule has 0 saturated carbocycles. The number of benzene rings is 1. The summed E-state index contributed by atoms with van der Waals surface area (Å²) in [7, 11) is -3.19. The molecule has 1 aromatic carbocycles. The van der Waals surface area contributed by atoms with Crippen molar-refractivity contribution in [2.75, 3.05) is 24.2 Å². The van der Waals surface area contributed by atoms with E-state index in [2.05, 4.69) is 9.88 Å². The molecule has 1 aliphatic rings. The maximum atomic E-state index is 12.6. The van der Waals surface area contributed by atoms with E-state index in [4.69, 9.17) is 4.98 Å². The molecule has 0 unspecified atom stereocenters. The Bertz CT molecular complexity index is 1170. The van der Waals surface area contributed by atoms with Crippen LogP contribution < -0.4 is 10.5 Å². The van der Waals surface area contributed by atoms with Crippen molar-refractivity contribution in [1.82, 2.24) is 14.5 Å². The first-order chi connectivity index (χ1) is 13.9. The predicted octanol–water partition coefficient (Wildman–Crippen LogP) is 2.16. The van der Waals surface area contributed by atoms with Gasteiger partial charge < -0.3 is 4.90 Å². The summed E-state index contributed by atoms with van der Waals surface area (Å²) < 4.78 is 25.0. The minimum atomic E-state index is -3.19. The van der Waals surface area contributed by atoms with E-state index in [0.29, 0.717) is 29.6 Å². The second-order valence-electron chi connectivity index (χ2n) is 7.17. The third-order valence-electron chi connectivity index (χ3n) is 5.08. The Labute approximate surface area is 169 Å². The van der Waals surface area contributed by atoms with Crippen LogP contribution in [0.25, 0.3) is 11.3 Å². The standard InChI is InChI=1S/C21H22N4O3S/c1-29(27,28)18-5-3-16(4-6-18)9-14-24-12-2-13-25-20(26)15-19(23-21(24)25)17-7-10-22-11-8-17/h3-8,10-11,15H,2,9,12-14H2,1H3. The van der Waals surface area contributed by atoms with Crippen LogP contribution in [0.15, 0.2) is 64.5 Å². The Kier molecular flexibility index (Phi) is 5.19. The normalized spacial score (nSPS) is 13.9. The second kappa shape index (κ2) is 7.79. The van der Waals surface area contributed by atoms with Crippen LogP contribution in [0.4, 0.5) is 5.95 Å². The van der Waals surface area contributed by atoms with Gasteiger partial charge in [0.2, 0.25) is 5.95 Å². The van der Waals surface area contributed by atoms with E-state index in [0.717, 1.165) is 30.5 Å². The lowest BCUT2D eigenvalue weighted by Crippen LogP contribution is -2.39. The minimum Gasteiger partial charge on any atom is -0.342 e. The maximum Gasteiger partial charge on any atom is 0.255 e. The molecule has 3 heterocycles. The summed E-state index contributed by atoms with van der Waals surface area (Å²) in [6.45, 7) is 2.19. The van der Waals surface area contributed by atoms with Crippen LogP contribution in [0.2, 0.25) is 0 Å². The molecular formula is C21H22N4O3S. The fourth-order valence-electron chi connectivity index (χ4n) is 3.51. The summed E-state index contributed by atoms with van der Waals surface area (Å²) in [5, 5.41) is 0. The van der Waals surface area contributed by atoms with Gasteiger partial charge in [-0.1, -0.05) is 12.1 Å². The molecular weight excluding hydrogens is 388 g/mol. The number of hydrogen-bond acceptors (Lipinski definition) is 6. The van der Waals surface area contributed by atoms with E-state index in [1.54, 1.807) is 35.2 Å². The molecule has 4 rings (SSSR count). The highest BCUT2D eigenvalue weighted by atomic mass is 32.2. The van der Waals surface area contributed by atoms with Crippen molar-refractivity contribution >= 4 is 15.8 Å². The maximum absolute atomic E-state index is 12.6. The molecule has 0 amide bonds. The van der Waals surface area contributed by atoms with Crippen molar-refractivity contribution in [3.05, 3.63) is 70.8 Å². The zero-order chi connectivity index (χ0) is 20.4. The lowest BCUT2D eigenvalue weighted by Gasteiger charge is -2.31.